The van der Waals surface area contributed by atoms with Gasteiger partial charge in [-0.25, -0.2) is 4.39 Å². The van der Waals surface area contributed by atoms with E-state index < -0.39 is 0 Å². The first kappa shape index (κ1) is 16.4. The summed E-state index contributed by atoms with van der Waals surface area (Å²) in [6.45, 7) is 2.30. The number of halogens is 1. The van der Waals surface area contributed by atoms with Crippen LogP contribution in [0.15, 0.2) is 18.2 Å². The average molecular weight is 282 g/mol. The summed E-state index contributed by atoms with van der Waals surface area (Å²) in [4.78, 5) is 12.9. The van der Waals surface area contributed by atoms with Crippen LogP contribution in [-0.4, -0.2) is 38.6 Å². The van der Waals surface area contributed by atoms with Crippen LogP contribution in [-0.2, 0) is 4.79 Å². The summed E-state index contributed by atoms with van der Waals surface area (Å²) in [5, 5.41) is 2.99. The van der Waals surface area contributed by atoms with Crippen LogP contribution < -0.4 is 10.1 Å². The highest BCUT2D eigenvalue weighted by atomic mass is 19.1. The lowest BCUT2D eigenvalue weighted by molar-refractivity contribution is -0.128. The quantitative estimate of drug-likeness (QED) is 0.781. The Morgan fingerprint density at radius 3 is 2.70 bits per heavy atom. The van der Waals surface area contributed by atoms with Crippen molar-refractivity contribution in [2.45, 2.75) is 25.8 Å². The number of rotatable bonds is 7. The lowest BCUT2D eigenvalue weighted by atomic mass is 10.1. The van der Waals surface area contributed by atoms with Crippen molar-refractivity contribution in [1.82, 2.24) is 10.2 Å². The summed E-state index contributed by atoms with van der Waals surface area (Å²) in [5.41, 5.74) is 0.614. The van der Waals surface area contributed by atoms with Gasteiger partial charge in [0, 0.05) is 38.2 Å². The van der Waals surface area contributed by atoms with Crippen molar-refractivity contribution < 1.29 is 13.9 Å². The number of carbonyl (C=O) groups is 1. The molecular weight excluding hydrogens is 259 g/mol. The van der Waals surface area contributed by atoms with Gasteiger partial charge in [-0.05, 0) is 26.5 Å². The number of nitrogens with zero attached hydrogens (tertiary/aromatic N) is 1. The van der Waals surface area contributed by atoms with E-state index in [2.05, 4.69) is 5.32 Å². The van der Waals surface area contributed by atoms with Gasteiger partial charge in [0.2, 0.25) is 5.91 Å². The van der Waals surface area contributed by atoms with Crippen molar-refractivity contribution in [1.29, 1.82) is 0 Å². The molecule has 0 radical (unpaired) electrons. The van der Waals surface area contributed by atoms with Gasteiger partial charge in [0.05, 0.1) is 6.61 Å². The molecule has 0 fully saturated rings. The Hall–Kier alpha value is -1.62. The zero-order chi connectivity index (χ0) is 15.1. The molecule has 0 heterocycles. The van der Waals surface area contributed by atoms with Crippen LogP contribution in [0.25, 0.3) is 0 Å². The Kier molecular flexibility index (Phi) is 6.45. The lowest BCUT2D eigenvalue weighted by Crippen LogP contribution is -2.21. The standard InChI is InChI=1S/C15H23FN2O2/c1-11(17-2)13-8-7-12(10-14(13)16)20-9-5-6-15(19)18(3)4/h7-8,10-11,17H,5-6,9H2,1-4H3. The van der Waals surface area contributed by atoms with Crippen LogP contribution in [0.4, 0.5) is 4.39 Å². The van der Waals surface area contributed by atoms with Crippen molar-refractivity contribution in [3.8, 4) is 5.75 Å². The molecule has 1 rings (SSSR count). The Labute approximate surface area is 119 Å². The van der Waals surface area contributed by atoms with E-state index in [1.54, 1.807) is 38.2 Å². The molecule has 0 saturated heterocycles. The molecule has 20 heavy (non-hydrogen) atoms. The van der Waals surface area contributed by atoms with Crippen LogP contribution in [0.3, 0.4) is 0 Å². The predicted octanol–water partition coefficient (Wildman–Crippen LogP) is 2.35. The Balaban J connectivity index is 2.46. The molecule has 4 nitrogen and oxygen atoms in total. The van der Waals surface area contributed by atoms with E-state index in [-0.39, 0.29) is 17.8 Å². The van der Waals surface area contributed by atoms with E-state index in [9.17, 15) is 9.18 Å². The molecule has 1 atom stereocenters. The van der Waals surface area contributed by atoms with E-state index in [4.69, 9.17) is 4.74 Å². The highest BCUT2D eigenvalue weighted by Gasteiger charge is 2.10. The van der Waals surface area contributed by atoms with Gasteiger partial charge in [-0.1, -0.05) is 6.07 Å². The number of nitrogens with one attached hydrogen (secondary N) is 1. The number of hydrogen-bond acceptors (Lipinski definition) is 3. The van der Waals surface area contributed by atoms with E-state index in [0.717, 1.165) is 0 Å². The van der Waals surface area contributed by atoms with Crippen LogP contribution in [0.2, 0.25) is 0 Å². The molecule has 0 aliphatic rings. The van der Waals surface area contributed by atoms with Gasteiger partial charge in [-0.2, -0.15) is 0 Å². The van der Waals surface area contributed by atoms with Gasteiger partial charge in [-0.3, -0.25) is 4.79 Å². The summed E-state index contributed by atoms with van der Waals surface area (Å²) >= 11 is 0. The molecule has 0 saturated carbocycles. The van der Waals surface area contributed by atoms with Crippen molar-refractivity contribution in [2.24, 2.45) is 0 Å². The fraction of sp³-hybridized carbons (Fsp3) is 0.533. The van der Waals surface area contributed by atoms with Gasteiger partial charge in [0.15, 0.2) is 0 Å². The predicted molar refractivity (Wildman–Crippen MR) is 77.3 cm³/mol. The van der Waals surface area contributed by atoms with Crippen LogP contribution in [0.1, 0.15) is 31.4 Å². The Morgan fingerprint density at radius 1 is 1.45 bits per heavy atom. The molecule has 1 aromatic carbocycles. The molecular formula is C15H23FN2O2. The summed E-state index contributed by atoms with van der Waals surface area (Å²) in [5.74, 6) is 0.276. The van der Waals surface area contributed by atoms with Crippen molar-refractivity contribution >= 4 is 5.91 Å². The lowest BCUT2D eigenvalue weighted by Gasteiger charge is -2.13. The molecule has 1 N–H and O–H groups in total. The molecule has 5 heteroatoms. The second kappa shape index (κ2) is 7.85. The molecule has 1 unspecified atom stereocenters. The van der Waals surface area contributed by atoms with Crippen molar-refractivity contribution in [3.05, 3.63) is 29.6 Å². The summed E-state index contributed by atoms with van der Waals surface area (Å²) in [7, 11) is 5.23. The zero-order valence-electron chi connectivity index (χ0n) is 12.6. The third kappa shape index (κ3) is 4.81. The molecule has 1 aromatic rings. The third-order valence-corrected chi connectivity index (χ3v) is 3.17. The maximum Gasteiger partial charge on any atom is 0.222 e. The zero-order valence-corrected chi connectivity index (χ0v) is 12.6. The summed E-state index contributed by atoms with van der Waals surface area (Å²) in [6, 6.07) is 4.81. The monoisotopic (exact) mass is 282 g/mol. The van der Waals surface area contributed by atoms with Gasteiger partial charge in [0.25, 0.3) is 0 Å². The highest BCUT2D eigenvalue weighted by molar-refractivity contribution is 5.75. The first-order valence-corrected chi connectivity index (χ1v) is 6.75. The van der Waals surface area contributed by atoms with Crippen LogP contribution in [0, 0.1) is 5.82 Å². The average Bonchev–Trinajstić information content (AvgIpc) is 2.42. The fourth-order valence-electron chi connectivity index (χ4n) is 1.74. The van der Waals surface area contributed by atoms with Gasteiger partial charge < -0.3 is 15.0 Å². The molecule has 0 aromatic heterocycles. The van der Waals surface area contributed by atoms with Gasteiger partial charge in [-0.15, -0.1) is 0 Å². The smallest absolute Gasteiger partial charge is 0.222 e. The molecule has 1 amide bonds. The number of benzene rings is 1. The largest absolute Gasteiger partial charge is 0.493 e. The molecule has 0 bridgehead atoms. The van der Waals surface area contributed by atoms with Crippen LogP contribution in [0.5, 0.6) is 5.75 Å². The Morgan fingerprint density at radius 2 is 2.15 bits per heavy atom. The van der Waals surface area contributed by atoms with Crippen LogP contribution >= 0.6 is 0 Å². The van der Waals surface area contributed by atoms with E-state index in [0.29, 0.717) is 30.8 Å². The summed E-state index contributed by atoms with van der Waals surface area (Å²) < 4.78 is 19.3. The number of amides is 1. The highest BCUT2D eigenvalue weighted by Crippen LogP contribution is 2.21. The molecule has 0 spiro atoms. The number of ether oxygens (including phenoxy) is 1. The van der Waals surface area contributed by atoms with Gasteiger partial charge >= 0.3 is 0 Å². The van der Waals surface area contributed by atoms with E-state index in [1.165, 1.54) is 6.07 Å². The van der Waals surface area contributed by atoms with Crippen molar-refractivity contribution in [3.63, 3.8) is 0 Å². The maximum atomic E-state index is 13.9. The second-order valence-electron chi connectivity index (χ2n) is 4.93. The van der Waals surface area contributed by atoms with Crippen molar-refractivity contribution in [2.75, 3.05) is 27.7 Å². The third-order valence-electron chi connectivity index (χ3n) is 3.17. The molecule has 112 valence electrons. The normalized spacial score (nSPS) is 12.1. The minimum atomic E-state index is -0.284. The van der Waals surface area contributed by atoms with Gasteiger partial charge in [0.1, 0.15) is 11.6 Å². The van der Waals surface area contributed by atoms with E-state index >= 15 is 0 Å². The number of hydrogen-bond donors (Lipinski definition) is 1. The SMILES string of the molecule is CNC(C)c1ccc(OCCCC(=O)N(C)C)cc1F. The van der Waals surface area contributed by atoms with E-state index in [1.807, 2.05) is 6.92 Å². The maximum absolute atomic E-state index is 13.9. The molecule has 0 aliphatic carbocycles. The molecule has 0 aliphatic heterocycles. The fourth-order valence-corrected chi connectivity index (χ4v) is 1.74. The second-order valence-corrected chi connectivity index (χ2v) is 4.93. The summed E-state index contributed by atoms with van der Waals surface area (Å²) in [6.07, 6.45) is 1.05. The Bertz CT molecular complexity index is 449. The number of carbonyl (C=O) groups excluding carboxylic acids is 1. The first-order chi connectivity index (χ1) is 9.45. The first-order valence-electron chi connectivity index (χ1n) is 6.75. The topological polar surface area (TPSA) is 41.6 Å². The minimum absolute atomic E-state index is 0.0400. The minimum Gasteiger partial charge on any atom is -0.493 e.